The van der Waals surface area contributed by atoms with Crippen molar-refractivity contribution in [2.75, 3.05) is 59.2 Å². The van der Waals surface area contributed by atoms with Crippen molar-refractivity contribution in [2.45, 2.75) is 25.2 Å². The molecule has 1 aliphatic rings. The fraction of sp³-hybridized carbons (Fsp3) is 0.440. The van der Waals surface area contributed by atoms with Crippen molar-refractivity contribution in [3.63, 3.8) is 0 Å². The molecule has 0 radical (unpaired) electrons. The van der Waals surface area contributed by atoms with Gasteiger partial charge in [0.1, 0.15) is 5.75 Å². The van der Waals surface area contributed by atoms with Crippen molar-refractivity contribution < 1.29 is 22.7 Å². The van der Waals surface area contributed by atoms with Crippen LogP contribution in [0.15, 0.2) is 41.3 Å². The summed E-state index contributed by atoms with van der Waals surface area (Å²) in [5.41, 5.74) is 2.30. The number of hydrogen-bond donors (Lipinski definition) is 1. The number of amides is 2. The van der Waals surface area contributed by atoms with Gasteiger partial charge in [0.2, 0.25) is 15.9 Å². The molecule has 0 aromatic heterocycles. The maximum absolute atomic E-state index is 13.1. The van der Waals surface area contributed by atoms with Crippen LogP contribution in [0.3, 0.4) is 0 Å². The summed E-state index contributed by atoms with van der Waals surface area (Å²) in [6.45, 7) is 6.56. The van der Waals surface area contributed by atoms with Gasteiger partial charge in [-0.2, -0.15) is 0 Å². The summed E-state index contributed by atoms with van der Waals surface area (Å²) in [5.74, 6) is 0.262. The third kappa shape index (κ3) is 6.39. The zero-order valence-electron chi connectivity index (χ0n) is 21.0. The van der Waals surface area contributed by atoms with E-state index in [-0.39, 0.29) is 29.7 Å². The minimum atomic E-state index is -3.77. The van der Waals surface area contributed by atoms with E-state index in [2.05, 4.69) is 10.2 Å². The Morgan fingerprint density at radius 2 is 1.60 bits per heavy atom. The van der Waals surface area contributed by atoms with Crippen LogP contribution in [0, 0.1) is 13.8 Å². The predicted molar refractivity (Wildman–Crippen MR) is 135 cm³/mol. The summed E-state index contributed by atoms with van der Waals surface area (Å²) in [6.07, 6.45) is -0.00798. The van der Waals surface area contributed by atoms with E-state index in [1.54, 1.807) is 50.2 Å². The molecular weight excluding hydrogens is 468 g/mol. The van der Waals surface area contributed by atoms with Gasteiger partial charge in [0.25, 0.3) is 5.91 Å². The Morgan fingerprint density at radius 3 is 2.14 bits per heavy atom. The van der Waals surface area contributed by atoms with Crippen molar-refractivity contribution in [2.24, 2.45) is 0 Å². The Labute approximate surface area is 207 Å². The fourth-order valence-corrected chi connectivity index (χ4v) is 5.66. The number of likely N-dealkylation sites (N-methyl/N-ethyl adjacent to an activating group) is 1. The highest BCUT2D eigenvalue weighted by molar-refractivity contribution is 7.89. The van der Waals surface area contributed by atoms with Gasteiger partial charge in [-0.1, -0.05) is 0 Å². The Morgan fingerprint density at radius 1 is 1.03 bits per heavy atom. The molecule has 0 saturated carbocycles. The summed E-state index contributed by atoms with van der Waals surface area (Å²) in [6, 6.07) is 10.1. The number of aryl methyl sites for hydroxylation is 2. The minimum absolute atomic E-state index is 0.00798. The maximum atomic E-state index is 13.1. The monoisotopic (exact) mass is 502 g/mol. The van der Waals surface area contributed by atoms with Gasteiger partial charge in [0, 0.05) is 57.4 Å². The average Bonchev–Trinajstić information content (AvgIpc) is 2.82. The summed E-state index contributed by atoms with van der Waals surface area (Å²) in [5, 5.41) is 2.77. The molecule has 2 amide bonds. The standard InChI is InChI=1S/C25H34N4O5S/c1-18-16-22(34-5)17-19(2)24(18)35(32,33)28(4)11-10-23(30)26-21-8-6-20(7-9-21)25(31)29-14-12-27(3)13-15-29/h6-9,16-17H,10-15H2,1-5H3,(H,26,30). The Bertz CT molecular complexity index is 1150. The van der Waals surface area contributed by atoms with Crippen LogP contribution in [0.2, 0.25) is 0 Å². The highest BCUT2D eigenvalue weighted by Gasteiger charge is 2.26. The van der Waals surface area contributed by atoms with Crippen molar-refractivity contribution in [1.29, 1.82) is 0 Å². The first-order valence-electron chi connectivity index (χ1n) is 11.5. The SMILES string of the molecule is COc1cc(C)c(S(=O)(=O)N(C)CCC(=O)Nc2ccc(C(=O)N3CCN(C)CC3)cc2)c(C)c1. The van der Waals surface area contributed by atoms with Crippen LogP contribution in [0.5, 0.6) is 5.75 Å². The topological polar surface area (TPSA) is 99.3 Å². The van der Waals surface area contributed by atoms with Gasteiger partial charge in [-0.15, -0.1) is 0 Å². The van der Waals surface area contributed by atoms with Gasteiger partial charge in [-0.05, 0) is 68.4 Å². The first kappa shape index (κ1) is 26.7. The van der Waals surface area contributed by atoms with Gasteiger partial charge in [0.05, 0.1) is 12.0 Å². The van der Waals surface area contributed by atoms with E-state index in [0.717, 1.165) is 13.1 Å². The van der Waals surface area contributed by atoms with Gasteiger partial charge >= 0.3 is 0 Å². The lowest BCUT2D eigenvalue weighted by molar-refractivity contribution is -0.116. The van der Waals surface area contributed by atoms with Gasteiger partial charge in [0.15, 0.2) is 0 Å². The molecule has 0 bridgehead atoms. The molecule has 1 aliphatic heterocycles. The predicted octanol–water partition coefficient (Wildman–Crippen LogP) is 2.35. The number of ether oxygens (including phenoxy) is 1. The van der Waals surface area contributed by atoms with E-state index in [4.69, 9.17) is 4.74 Å². The number of piperazine rings is 1. The quantitative estimate of drug-likeness (QED) is 0.595. The maximum Gasteiger partial charge on any atom is 0.253 e. The van der Waals surface area contributed by atoms with E-state index in [9.17, 15) is 18.0 Å². The molecular formula is C25H34N4O5S. The Kier molecular flexibility index (Phi) is 8.52. The van der Waals surface area contributed by atoms with Crippen LogP contribution in [-0.2, 0) is 14.8 Å². The number of carbonyl (C=O) groups excluding carboxylic acids is 2. The second-order valence-electron chi connectivity index (χ2n) is 8.89. The van der Waals surface area contributed by atoms with Crippen LogP contribution in [0.4, 0.5) is 5.69 Å². The second-order valence-corrected chi connectivity index (χ2v) is 10.9. The lowest BCUT2D eigenvalue weighted by atomic mass is 10.1. The van der Waals surface area contributed by atoms with E-state index in [0.29, 0.717) is 41.2 Å². The van der Waals surface area contributed by atoms with Gasteiger partial charge < -0.3 is 19.9 Å². The third-order valence-corrected chi connectivity index (χ3v) is 8.36. The van der Waals surface area contributed by atoms with Crippen LogP contribution >= 0.6 is 0 Å². The molecule has 2 aromatic rings. The van der Waals surface area contributed by atoms with Crippen molar-refractivity contribution in [1.82, 2.24) is 14.1 Å². The number of carbonyl (C=O) groups is 2. The fourth-order valence-electron chi connectivity index (χ4n) is 4.08. The molecule has 9 nitrogen and oxygen atoms in total. The van der Waals surface area contributed by atoms with Crippen LogP contribution < -0.4 is 10.1 Å². The van der Waals surface area contributed by atoms with Crippen molar-refractivity contribution >= 4 is 27.5 Å². The normalized spacial score (nSPS) is 14.7. The Balaban J connectivity index is 1.57. The summed E-state index contributed by atoms with van der Waals surface area (Å²) < 4.78 is 32.6. The minimum Gasteiger partial charge on any atom is -0.497 e. The number of benzene rings is 2. The van der Waals surface area contributed by atoms with E-state index >= 15 is 0 Å². The van der Waals surface area contributed by atoms with Crippen molar-refractivity contribution in [3.05, 3.63) is 53.1 Å². The number of rotatable bonds is 8. The largest absolute Gasteiger partial charge is 0.497 e. The van der Waals surface area contributed by atoms with Gasteiger partial charge in [-0.25, -0.2) is 12.7 Å². The molecule has 35 heavy (non-hydrogen) atoms. The van der Waals surface area contributed by atoms with E-state index in [1.807, 2.05) is 11.9 Å². The van der Waals surface area contributed by atoms with Crippen LogP contribution in [0.25, 0.3) is 0 Å². The number of nitrogens with one attached hydrogen (secondary N) is 1. The molecule has 1 fully saturated rings. The summed E-state index contributed by atoms with van der Waals surface area (Å²) in [7, 11) is 1.26. The number of hydrogen-bond acceptors (Lipinski definition) is 6. The molecule has 1 heterocycles. The highest BCUT2D eigenvalue weighted by Crippen LogP contribution is 2.27. The Hall–Kier alpha value is -2.95. The molecule has 3 rings (SSSR count). The molecule has 190 valence electrons. The zero-order chi connectivity index (χ0) is 25.8. The second kappa shape index (κ2) is 11.2. The molecule has 10 heteroatoms. The van der Waals surface area contributed by atoms with Crippen LogP contribution in [0.1, 0.15) is 27.9 Å². The first-order chi connectivity index (χ1) is 16.5. The molecule has 0 spiro atoms. The van der Waals surface area contributed by atoms with E-state index in [1.165, 1.54) is 18.5 Å². The molecule has 1 saturated heterocycles. The number of anilines is 1. The molecule has 0 aliphatic carbocycles. The highest BCUT2D eigenvalue weighted by atomic mass is 32.2. The van der Waals surface area contributed by atoms with E-state index < -0.39 is 10.0 Å². The molecule has 0 unspecified atom stereocenters. The smallest absolute Gasteiger partial charge is 0.253 e. The number of methoxy groups -OCH3 is 1. The number of nitrogens with zero attached hydrogens (tertiary/aromatic N) is 3. The average molecular weight is 503 g/mol. The lowest BCUT2D eigenvalue weighted by Crippen LogP contribution is -2.47. The lowest BCUT2D eigenvalue weighted by Gasteiger charge is -2.32. The molecule has 0 atom stereocenters. The number of sulfonamides is 1. The van der Waals surface area contributed by atoms with Crippen molar-refractivity contribution in [3.8, 4) is 5.75 Å². The first-order valence-corrected chi connectivity index (χ1v) is 13.0. The zero-order valence-corrected chi connectivity index (χ0v) is 21.8. The summed E-state index contributed by atoms with van der Waals surface area (Å²) in [4.78, 5) is 29.4. The molecule has 2 aromatic carbocycles. The van der Waals surface area contributed by atoms with Gasteiger partial charge in [-0.3, -0.25) is 9.59 Å². The molecule has 1 N–H and O–H groups in total. The van der Waals surface area contributed by atoms with Crippen LogP contribution in [-0.4, -0.2) is 88.3 Å². The summed E-state index contributed by atoms with van der Waals surface area (Å²) >= 11 is 0. The third-order valence-electron chi connectivity index (χ3n) is 6.20.